The van der Waals surface area contributed by atoms with Gasteiger partial charge < -0.3 is 0 Å². The fourth-order valence-electron chi connectivity index (χ4n) is 1.01. The minimum absolute atomic E-state index is 0.755. The van der Waals surface area contributed by atoms with Gasteiger partial charge in [0, 0.05) is 12.4 Å². The van der Waals surface area contributed by atoms with E-state index in [-0.39, 0.29) is 0 Å². The highest BCUT2D eigenvalue weighted by Gasteiger charge is 1.97. The van der Waals surface area contributed by atoms with Gasteiger partial charge in [0.25, 0.3) is 0 Å². The molecule has 0 aromatic carbocycles. The molecule has 2 aromatic heterocycles. The van der Waals surface area contributed by atoms with Gasteiger partial charge in [-0.2, -0.15) is 5.10 Å². The number of terminal acetylenes is 1. The van der Waals surface area contributed by atoms with Gasteiger partial charge in [-0.1, -0.05) is 12.0 Å². The maximum atomic E-state index is 5.22. The second kappa shape index (κ2) is 3.11. The van der Waals surface area contributed by atoms with Gasteiger partial charge >= 0.3 is 0 Å². The van der Waals surface area contributed by atoms with Crippen molar-refractivity contribution in [2.75, 3.05) is 0 Å². The monoisotopic (exact) mass is 169 g/mol. The zero-order valence-electron chi connectivity index (χ0n) is 6.88. The molecule has 0 radical (unpaired) electrons. The molecule has 2 heterocycles. The van der Waals surface area contributed by atoms with Crippen LogP contribution in [0, 0.1) is 12.3 Å². The molecule has 2 rings (SSSR count). The largest absolute Gasteiger partial charge is 0.237 e. The molecule has 0 spiro atoms. The third-order valence-electron chi connectivity index (χ3n) is 1.63. The zero-order chi connectivity index (χ0) is 9.10. The van der Waals surface area contributed by atoms with Crippen molar-refractivity contribution in [2.24, 2.45) is 0 Å². The van der Waals surface area contributed by atoms with Gasteiger partial charge in [0.05, 0.1) is 11.8 Å². The first-order valence-corrected chi connectivity index (χ1v) is 3.83. The summed E-state index contributed by atoms with van der Waals surface area (Å²) in [5.41, 5.74) is 0.755. The van der Waals surface area contributed by atoms with Crippen LogP contribution in [0.3, 0.4) is 0 Å². The molecule has 0 saturated carbocycles. The van der Waals surface area contributed by atoms with E-state index >= 15 is 0 Å². The first-order valence-electron chi connectivity index (χ1n) is 3.83. The lowest BCUT2D eigenvalue weighted by Gasteiger charge is -1.96. The quantitative estimate of drug-likeness (QED) is 0.601. The lowest BCUT2D eigenvalue weighted by molar-refractivity contribution is 0.847. The highest BCUT2D eigenvalue weighted by Crippen LogP contribution is 2.02. The molecular formula is C10H7N3. The van der Waals surface area contributed by atoms with E-state index in [4.69, 9.17) is 6.42 Å². The van der Waals surface area contributed by atoms with E-state index < -0.39 is 0 Å². The lowest BCUT2D eigenvalue weighted by atomic mass is 10.4. The number of nitrogens with zero attached hydrogens (tertiary/aromatic N) is 3. The molecule has 0 atom stereocenters. The minimum atomic E-state index is 0.755. The number of pyridine rings is 1. The highest BCUT2D eigenvalue weighted by molar-refractivity contribution is 5.30. The summed E-state index contributed by atoms with van der Waals surface area (Å²) in [6, 6.07) is 5.63. The van der Waals surface area contributed by atoms with Crippen LogP contribution in [0.1, 0.15) is 5.56 Å². The average molecular weight is 169 g/mol. The van der Waals surface area contributed by atoms with Crippen LogP contribution < -0.4 is 0 Å². The Morgan fingerprint density at radius 1 is 1.38 bits per heavy atom. The van der Waals surface area contributed by atoms with Crippen LogP contribution >= 0.6 is 0 Å². The standard InChI is InChI=1S/C10H7N3/c1-2-9-7-12-13(8-9)10-5-3-4-6-11-10/h1,3-8H. The molecule has 3 heteroatoms. The Balaban J connectivity index is 2.43. The Bertz CT molecular complexity index is 437. The predicted molar refractivity (Wildman–Crippen MR) is 49.3 cm³/mol. The summed E-state index contributed by atoms with van der Waals surface area (Å²) in [7, 11) is 0. The maximum Gasteiger partial charge on any atom is 0.153 e. The van der Waals surface area contributed by atoms with Gasteiger partial charge in [0.1, 0.15) is 0 Å². The van der Waals surface area contributed by atoms with E-state index in [1.54, 1.807) is 23.3 Å². The van der Waals surface area contributed by atoms with Crippen molar-refractivity contribution in [3.8, 4) is 18.2 Å². The third-order valence-corrected chi connectivity index (χ3v) is 1.63. The summed E-state index contributed by atoms with van der Waals surface area (Å²) in [5, 5.41) is 4.07. The van der Waals surface area contributed by atoms with Gasteiger partial charge in [-0.05, 0) is 12.1 Å². The van der Waals surface area contributed by atoms with Crippen molar-refractivity contribution in [2.45, 2.75) is 0 Å². The van der Waals surface area contributed by atoms with Crippen molar-refractivity contribution in [1.29, 1.82) is 0 Å². The normalized spacial score (nSPS) is 9.46. The van der Waals surface area contributed by atoms with Crippen molar-refractivity contribution in [1.82, 2.24) is 14.8 Å². The summed E-state index contributed by atoms with van der Waals surface area (Å²) in [4.78, 5) is 4.13. The van der Waals surface area contributed by atoms with Crippen LogP contribution in [0.15, 0.2) is 36.8 Å². The SMILES string of the molecule is C#Cc1cnn(-c2ccccn2)c1. The number of rotatable bonds is 1. The van der Waals surface area contributed by atoms with Gasteiger partial charge in [-0.25, -0.2) is 9.67 Å². The van der Waals surface area contributed by atoms with Crippen molar-refractivity contribution in [3.05, 3.63) is 42.4 Å². The van der Waals surface area contributed by atoms with Gasteiger partial charge in [-0.3, -0.25) is 0 Å². The van der Waals surface area contributed by atoms with Gasteiger partial charge in [0.15, 0.2) is 5.82 Å². The Hall–Kier alpha value is -2.08. The average Bonchev–Trinajstić information content (AvgIpc) is 2.67. The third kappa shape index (κ3) is 1.42. The molecule has 13 heavy (non-hydrogen) atoms. The molecule has 0 bridgehead atoms. The first kappa shape index (κ1) is 7.56. The Kier molecular flexibility index (Phi) is 1.81. The molecule has 0 aliphatic carbocycles. The van der Waals surface area contributed by atoms with E-state index in [9.17, 15) is 0 Å². The molecule has 0 amide bonds. The van der Waals surface area contributed by atoms with E-state index in [1.807, 2.05) is 18.2 Å². The summed E-state index contributed by atoms with van der Waals surface area (Å²) in [5.74, 6) is 3.27. The molecule has 0 unspecified atom stereocenters. The Labute approximate surface area is 76.0 Å². The minimum Gasteiger partial charge on any atom is -0.237 e. The fraction of sp³-hybridized carbons (Fsp3) is 0. The predicted octanol–water partition coefficient (Wildman–Crippen LogP) is 1.25. The number of hydrogen-bond acceptors (Lipinski definition) is 2. The van der Waals surface area contributed by atoms with Gasteiger partial charge in [0.2, 0.25) is 0 Å². The molecule has 0 aliphatic rings. The summed E-state index contributed by atoms with van der Waals surface area (Å²) in [6.07, 6.45) is 10.3. The van der Waals surface area contributed by atoms with Crippen molar-refractivity contribution >= 4 is 0 Å². The highest BCUT2D eigenvalue weighted by atomic mass is 15.3. The van der Waals surface area contributed by atoms with Crippen LogP contribution in [0.4, 0.5) is 0 Å². The fourth-order valence-corrected chi connectivity index (χ4v) is 1.01. The van der Waals surface area contributed by atoms with E-state index in [0.29, 0.717) is 0 Å². The molecule has 0 saturated heterocycles. The summed E-state index contributed by atoms with van der Waals surface area (Å²) < 4.78 is 1.65. The van der Waals surface area contributed by atoms with Crippen molar-refractivity contribution in [3.63, 3.8) is 0 Å². The maximum absolute atomic E-state index is 5.22. The van der Waals surface area contributed by atoms with E-state index in [2.05, 4.69) is 16.0 Å². The van der Waals surface area contributed by atoms with Crippen LogP contribution in [-0.4, -0.2) is 14.8 Å². The molecule has 62 valence electrons. The second-order valence-electron chi connectivity index (χ2n) is 2.51. The number of aromatic nitrogens is 3. The smallest absolute Gasteiger partial charge is 0.153 e. The summed E-state index contributed by atoms with van der Waals surface area (Å²) in [6.45, 7) is 0. The molecule has 0 fully saturated rings. The van der Waals surface area contributed by atoms with Crippen LogP contribution in [0.2, 0.25) is 0 Å². The topological polar surface area (TPSA) is 30.7 Å². The van der Waals surface area contributed by atoms with Gasteiger partial charge in [-0.15, -0.1) is 6.42 Å². The second-order valence-corrected chi connectivity index (χ2v) is 2.51. The van der Waals surface area contributed by atoms with Crippen LogP contribution in [0.5, 0.6) is 0 Å². The summed E-state index contributed by atoms with van der Waals surface area (Å²) >= 11 is 0. The zero-order valence-corrected chi connectivity index (χ0v) is 6.88. The van der Waals surface area contributed by atoms with E-state index in [1.165, 1.54) is 0 Å². The number of hydrogen-bond donors (Lipinski definition) is 0. The van der Waals surface area contributed by atoms with E-state index in [0.717, 1.165) is 11.4 Å². The van der Waals surface area contributed by atoms with Crippen LogP contribution in [0.25, 0.3) is 5.82 Å². The Morgan fingerprint density at radius 2 is 2.31 bits per heavy atom. The molecular weight excluding hydrogens is 162 g/mol. The van der Waals surface area contributed by atoms with Crippen molar-refractivity contribution < 1.29 is 0 Å². The molecule has 2 aromatic rings. The molecule has 0 aliphatic heterocycles. The molecule has 3 nitrogen and oxygen atoms in total. The van der Waals surface area contributed by atoms with Crippen LogP contribution in [-0.2, 0) is 0 Å². The first-order chi connectivity index (χ1) is 6.40. The molecule has 0 N–H and O–H groups in total. The Morgan fingerprint density at radius 3 is 2.92 bits per heavy atom. The lowest BCUT2D eigenvalue weighted by Crippen LogP contribution is -1.95.